The van der Waals surface area contributed by atoms with E-state index in [4.69, 9.17) is 16.3 Å². The Balaban J connectivity index is 1.64. The molecule has 0 spiro atoms. The van der Waals surface area contributed by atoms with Crippen LogP contribution in [0, 0.1) is 5.92 Å². The van der Waals surface area contributed by atoms with Crippen LogP contribution in [-0.2, 0) is 4.74 Å². The van der Waals surface area contributed by atoms with Gasteiger partial charge in [0.2, 0.25) is 0 Å². The fourth-order valence-electron chi connectivity index (χ4n) is 4.95. The van der Waals surface area contributed by atoms with Crippen molar-refractivity contribution in [2.75, 3.05) is 33.5 Å². The van der Waals surface area contributed by atoms with Crippen molar-refractivity contribution in [3.63, 3.8) is 0 Å². The van der Waals surface area contributed by atoms with Gasteiger partial charge in [-0.25, -0.2) is 0 Å². The van der Waals surface area contributed by atoms with Gasteiger partial charge in [-0.2, -0.15) is 0 Å². The first kappa shape index (κ1) is 20.1. The van der Waals surface area contributed by atoms with Gasteiger partial charge in [-0.3, -0.25) is 4.90 Å². The van der Waals surface area contributed by atoms with Crippen molar-refractivity contribution in [3.05, 3.63) is 0 Å². The Morgan fingerprint density at radius 2 is 1.92 bits per heavy atom. The Hall–Kier alpha value is 0.347. The molecule has 3 saturated heterocycles. The van der Waals surface area contributed by atoms with Crippen molar-refractivity contribution in [1.29, 1.82) is 0 Å². The van der Waals surface area contributed by atoms with Crippen molar-refractivity contribution < 1.29 is 4.74 Å². The molecule has 5 unspecified atom stereocenters. The molecule has 3 rings (SSSR count). The van der Waals surface area contributed by atoms with Crippen LogP contribution in [0.3, 0.4) is 0 Å². The summed E-state index contributed by atoms with van der Waals surface area (Å²) < 4.78 is 6.21. The quantitative estimate of drug-likeness (QED) is 0.327. The Morgan fingerprint density at radius 1 is 1.12 bits per heavy atom. The topological polar surface area (TPSA) is 27.7 Å². The zero-order chi connectivity index (χ0) is 18.0. The summed E-state index contributed by atoms with van der Waals surface area (Å²) in [7, 11) is 1.30. The Bertz CT molecular complexity index is 433. The summed E-state index contributed by atoms with van der Waals surface area (Å²) in [6.07, 6.45) is 6.42. The summed E-state index contributed by atoms with van der Waals surface area (Å²) in [6.45, 7) is 11.3. The minimum atomic E-state index is -1.02. The SMILES string of the molecule is CN1CCCCC1C1CC2CNC(Cl)CC2N1COCC[Si](C)(C)C. The van der Waals surface area contributed by atoms with Crippen LogP contribution in [0.15, 0.2) is 0 Å². The number of ether oxygens (including phenoxy) is 1. The Morgan fingerprint density at radius 3 is 2.64 bits per heavy atom. The van der Waals surface area contributed by atoms with Gasteiger partial charge in [0.25, 0.3) is 0 Å². The second kappa shape index (κ2) is 8.57. The molecule has 0 radical (unpaired) electrons. The molecule has 3 fully saturated rings. The third kappa shape index (κ3) is 5.20. The van der Waals surface area contributed by atoms with Gasteiger partial charge < -0.3 is 15.0 Å². The smallest absolute Gasteiger partial charge is 0.0995 e. The highest BCUT2D eigenvalue weighted by Crippen LogP contribution is 2.39. The molecule has 4 nitrogen and oxygen atoms in total. The molecule has 0 aromatic rings. The van der Waals surface area contributed by atoms with Gasteiger partial charge in [-0.15, -0.1) is 11.6 Å². The van der Waals surface area contributed by atoms with E-state index < -0.39 is 8.07 Å². The predicted molar refractivity (Wildman–Crippen MR) is 109 cm³/mol. The summed E-state index contributed by atoms with van der Waals surface area (Å²) in [4.78, 5) is 5.30. The number of nitrogens with zero attached hydrogens (tertiary/aromatic N) is 2. The number of fused-ring (bicyclic) bond motifs is 1. The minimum Gasteiger partial charge on any atom is -0.366 e. The average molecular weight is 388 g/mol. The van der Waals surface area contributed by atoms with E-state index in [-0.39, 0.29) is 5.50 Å². The molecule has 0 aliphatic carbocycles. The molecule has 0 amide bonds. The summed E-state index contributed by atoms with van der Waals surface area (Å²) in [5.41, 5.74) is 0.119. The third-order valence-electron chi connectivity index (χ3n) is 6.50. The molecule has 0 saturated carbocycles. The molecule has 3 aliphatic rings. The molecular formula is C19H38ClN3OSi. The molecule has 1 N–H and O–H groups in total. The van der Waals surface area contributed by atoms with Gasteiger partial charge in [-0.1, -0.05) is 26.1 Å². The molecule has 0 aromatic heterocycles. The maximum absolute atomic E-state index is 6.45. The van der Waals surface area contributed by atoms with Gasteiger partial charge >= 0.3 is 0 Å². The first-order valence-corrected chi connectivity index (χ1v) is 14.4. The van der Waals surface area contributed by atoms with E-state index in [1.807, 2.05) is 0 Å². The largest absolute Gasteiger partial charge is 0.366 e. The van der Waals surface area contributed by atoms with Gasteiger partial charge in [-0.05, 0) is 51.2 Å². The molecule has 5 atom stereocenters. The van der Waals surface area contributed by atoms with Crippen LogP contribution in [0.2, 0.25) is 25.7 Å². The second-order valence-electron chi connectivity index (χ2n) is 9.65. The number of alkyl halides is 1. The van der Waals surface area contributed by atoms with Gasteiger partial charge in [0.15, 0.2) is 0 Å². The first-order valence-electron chi connectivity index (χ1n) is 10.3. The number of nitrogens with one attached hydrogen (secondary N) is 1. The second-order valence-corrected chi connectivity index (χ2v) is 15.8. The molecule has 6 heteroatoms. The van der Waals surface area contributed by atoms with Crippen LogP contribution in [0.1, 0.15) is 32.1 Å². The number of halogens is 1. The van der Waals surface area contributed by atoms with Crippen LogP contribution in [0.5, 0.6) is 0 Å². The zero-order valence-corrected chi connectivity index (χ0v) is 18.4. The number of likely N-dealkylation sites (tertiary alicyclic amines) is 2. The number of hydrogen-bond donors (Lipinski definition) is 1. The summed E-state index contributed by atoms with van der Waals surface area (Å²) in [5, 5.41) is 3.49. The predicted octanol–water partition coefficient (Wildman–Crippen LogP) is 3.40. The van der Waals surface area contributed by atoms with E-state index in [1.165, 1.54) is 38.3 Å². The fourth-order valence-corrected chi connectivity index (χ4v) is 5.97. The van der Waals surface area contributed by atoms with Gasteiger partial charge in [0.1, 0.15) is 0 Å². The molecule has 3 aliphatic heterocycles. The molecule has 0 aromatic carbocycles. The molecule has 0 bridgehead atoms. The minimum absolute atomic E-state index is 0.119. The lowest BCUT2D eigenvalue weighted by Gasteiger charge is -2.42. The lowest BCUT2D eigenvalue weighted by molar-refractivity contribution is -0.0267. The van der Waals surface area contributed by atoms with E-state index in [0.717, 1.165) is 32.2 Å². The highest BCUT2D eigenvalue weighted by atomic mass is 35.5. The fraction of sp³-hybridized carbons (Fsp3) is 1.00. The lowest BCUT2D eigenvalue weighted by Crippen LogP contribution is -2.53. The van der Waals surface area contributed by atoms with Crippen molar-refractivity contribution in [2.45, 2.75) is 81.4 Å². The maximum Gasteiger partial charge on any atom is 0.0995 e. The standard InChI is InChI=1S/C19H38ClN3OSi/c1-22-8-6-5-7-16(22)18-11-15-13-21-19(20)12-17(15)23(18)14-24-9-10-25(2,3)4/h15-19,21H,5-14H2,1-4H3. The van der Waals surface area contributed by atoms with Crippen molar-refractivity contribution >= 4 is 19.7 Å². The van der Waals surface area contributed by atoms with Crippen LogP contribution >= 0.6 is 11.6 Å². The first-order chi connectivity index (χ1) is 11.8. The van der Waals surface area contributed by atoms with Crippen LogP contribution in [0.25, 0.3) is 0 Å². The summed E-state index contributed by atoms with van der Waals surface area (Å²) >= 11 is 6.45. The van der Waals surface area contributed by atoms with Gasteiger partial charge in [0.05, 0.1) is 12.2 Å². The van der Waals surface area contributed by atoms with Crippen LogP contribution in [0.4, 0.5) is 0 Å². The lowest BCUT2D eigenvalue weighted by atomic mass is 9.90. The molecule has 3 heterocycles. The number of rotatable bonds is 6. The monoisotopic (exact) mass is 387 g/mol. The highest BCUT2D eigenvalue weighted by Gasteiger charge is 2.47. The summed E-state index contributed by atoms with van der Waals surface area (Å²) in [6, 6.07) is 3.17. The maximum atomic E-state index is 6.45. The van der Waals surface area contributed by atoms with Crippen molar-refractivity contribution in [1.82, 2.24) is 15.1 Å². The van der Waals surface area contributed by atoms with Crippen molar-refractivity contribution in [3.8, 4) is 0 Å². The number of likely N-dealkylation sites (N-methyl/N-ethyl adjacent to an activating group) is 1. The van der Waals surface area contributed by atoms with Gasteiger partial charge in [0, 0.05) is 39.4 Å². The molecule has 25 heavy (non-hydrogen) atoms. The Labute approximate surface area is 160 Å². The van der Waals surface area contributed by atoms with Crippen molar-refractivity contribution in [2.24, 2.45) is 5.92 Å². The zero-order valence-electron chi connectivity index (χ0n) is 16.6. The normalized spacial score (nSPS) is 38.0. The van der Waals surface area contributed by atoms with E-state index in [1.54, 1.807) is 0 Å². The van der Waals surface area contributed by atoms with E-state index in [2.05, 4.69) is 41.8 Å². The number of piperidine rings is 2. The Kier molecular flexibility index (Phi) is 6.89. The van der Waals surface area contributed by atoms with E-state index >= 15 is 0 Å². The van der Waals surface area contributed by atoms with E-state index in [9.17, 15) is 0 Å². The highest BCUT2D eigenvalue weighted by molar-refractivity contribution is 6.76. The number of hydrogen-bond acceptors (Lipinski definition) is 4. The van der Waals surface area contributed by atoms with Crippen LogP contribution in [-0.4, -0.2) is 75.0 Å². The van der Waals surface area contributed by atoms with Crippen LogP contribution < -0.4 is 5.32 Å². The average Bonchev–Trinajstić information content (AvgIpc) is 2.89. The third-order valence-corrected chi connectivity index (χ3v) is 8.53. The molecular weight excluding hydrogens is 350 g/mol. The molecule has 146 valence electrons. The summed E-state index contributed by atoms with van der Waals surface area (Å²) in [5.74, 6) is 0.732. The van der Waals surface area contributed by atoms with E-state index in [0.29, 0.717) is 18.1 Å².